The number of rotatable bonds is 7. The van der Waals surface area contributed by atoms with E-state index in [0.717, 1.165) is 58.0 Å². The molecule has 2 aliphatic heterocycles. The maximum absolute atomic E-state index is 12.6. The summed E-state index contributed by atoms with van der Waals surface area (Å²) < 4.78 is 11.4. The van der Waals surface area contributed by atoms with Crippen LogP contribution in [-0.4, -0.2) is 74.9 Å². The van der Waals surface area contributed by atoms with Crippen molar-refractivity contribution in [2.45, 2.75) is 51.0 Å². The summed E-state index contributed by atoms with van der Waals surface area (Å²) in [5.74, 6) is 1.68. The molecule has 2 atom stereocenters. The van der Waals surface area contributed by atoms with Crippen LogP contribution < -0.4 is 0 Å². The Morgan fingerprint density at radius 3 is 2.68 bits per heavy atom. The van der Waals surface area contributed by atoms with Gasteiger partial charge >= 0.3 is 0 Å². The van der Waals surface area contributed by atoms with E-state index in [2.05, 4.69) is 9.80 Å². The highest BCUT2D eigenvalue weighted by Crippen LogP contribution is 2.45. The van der Waals surface area contributed by atoms with Crippen molar-refractivity contribution in [3.63, 3.8) is 0 Å². The van der Waals surface area contributed by atoms with Crippen molar-refractivity contribution in [2.75, 3.05) is 53.0 Å². The zero-order chi connectivity index (χ0) is 17.3. The van der Waals surface area contributed by atoms with Crippen LogP contribution >= 0.6 is 0 Å². The second-order valence-electron chi connectivity index (χ2n) is 8.93. The van der Waals surface area contributed by atoms with Crippen molar-refractivity contribution < 1.29 is 14.3 Å². The van der Waals surface area contributed by atoms with Crippen LogP contribution in [0.25, 0.3) is 0 Å². The summed E-state index contributed by atoms with van der Waals surface area (Å²) in [7, 11) is 1.81. The summed E-state index contributed by atoms with van der Waals surface area (Å²) in [6, 6.07) is 0. The van der Waals surface area contributed by atoms with Crippen LogP contribution in [-0.2, 0) is 14.3 Å². The molecule has 0 aromatic heterocycles. The van der Waals surface area contributed by atoms with E-state index < -0.39 is 0 Å². The van der Waals surface area contributed by atoms with E-state index in [1.54, 1.807) is 0 Å². The van der Waals surface area contributed by atoms with Gasteiger partial charge in [-0.3, -0.25) is 4.79 Å². The van der Waals surface area contributed by atoms with Gasteiger partial charge in [0.1, 0.15) is 6.61 Å². The Hall–Kier alpha value is -0.650. The largest absolute Gasteiger partial charge is 0.384 e. The molecule has 1 amide bonds. The number of likely N-dealkylation sites (tertiary alicyclic amines) is 2. The van der Waals surface area contributed by atoms with Gasteiger partial charge in [0.15, 0.2) is 0 Å². The summed E-state index contributed by atoms with van der Waals surface area (Å²) >= 11 is 0. The summed E-state index contributed by atoms with van der Waals surface area (Å²) in [4.78, 5) is 17.3. The van der Waals surface area contributed by atoms with Crippen LogP contribution in [0.1, 0.15) is 44.9 Å². The SMILES string of the molecule is COC[C@@H]1CN(CC2CC2)C[C@@]12CCN(C(=O)COC1CCCC1)C2. The molecule has 2 heterocycles. The first kappa shape index (κ1) is 17.7. The van der Waals surface area contributed by atoms with Crippen LogP contribution in [0.5, 0.6) is 0 Å². The zero-order valence-corrected chi connectivity index (χ0v) is 15.8. The molecule has 0 N–H and O–H groups in total. The normalized spacial score (nSPS) is 33.8. The van der Waals surface area contributed by atoms with Gasteiger partial charge in [0.25, 0.3) is 0 Å². The predicted molar refractivity (Wildman–Crippen MR) is 96.4 cm³/mol. The number of hydrogen-bond acceptors (Lipinski definition) is 4. The number of amides is 1. The van der Waals surface area contributed by atoms with Gasteiger partial charge in [0, 0.05) is 51.2 Å². The first-order chi connectivity index (χ1) is 12.2. The molecule has 4 fully saturated rings. The molecular formula is C20H34N2O3. The highest BCUT2D eigenvalue weighted by molar-refractivity contribution is 5.77. The van der Waals surface area contributed by atoms with Crippen molar-refractivity contribution in [3.05, 3.63) is 0 Å². The molecule has 4 rings (SSSR count). The lowest BCUT2D eigenvalue weighted by atomic mass is 9.77. The van der Waals surface area contributed by atoms with Crippen molar-refractivity contribution in [1.82, 2.24) is 9.80 Å². The molecule has 4 aliphatic rings. The lowest BCUT2D eigenvalue weighted by Crippen LogP contribution is -2.39. The zero-order valence-electron chi connectivity index (χ0n) is 15.8. The van der Waals surface area contributed by atoms with E-state index in [4.69, 9.17) is 9.47 Å². The van der Waals surface area contributed by atoms with Crippen LogP contribution in [0.3, 0.4) is 0 Å². The number of nitrogens with zero attached hydrogens (tertiary/aromatic N) is 2. The van der Waals surface area contributed by atoms with E-state index in [0.29, 0.717) is 12.0 Å². The number of hydrogen-bond donors (Lipinski definition) is 0. The number of carbonyl (C=O) groups excluding carboxylic acids is 1. The predicted octanol–water partition coefficient (Wildman–Crippen LogP) is 2.15. The third-order valence-electron chi connectivity index (χ3n) is 6.95. The van der Waals surface area contributed by atoms with Gasteiger partial charge in [0.05, 0.1) is 12.7 Å². The Kier molecular flexibility index (Phi) is 5.35. The molecule has 0 aromatic carbocycles. The molecule has 25 heavy (non-hydrogen) atoms. The molecule has 0 aromatic rings. The molecule has 2 aliphatic carbocycles. The summed E-state index contributed by atoms with van der Waals surface area (Å²) in [6.45, 7) is 6.43. The number of carbonyl (C=O) groups is 1. The fourth-order valence-electron chi connectivity index (χ4n) is 5.29. The third kappa shape index (κ3) is 4.04. The van der Waals surface area contributed by atoms with Crippen LogP contribution in [0.15, 0.2) is 0 Å². The molecule has 5 nitrogen and oxygen atoms in total. The Morgan fingerprint density at radius 2 is 1.96 bits per heavy atom. The van der Waals surface area contributed by atoms with Gasteiger partial charge in [-0.2, -0.15) is 0 Å². The van der Waals surface area contributed by atoms with Gasteiger partial charge in [-0.25, -0.2) is 0 Å². The molecule has 5 heteroatoms. The van der Waals surface area contributed by atoms with Crippen molar-refractivity contribution >= 4 is 5.91 Å². The van der Waals surface area contributed by atoms with E-state index in [9.17, 15) is 4.79 Å². The standard InChI is InChI=1S/C20H34N2O3/c1-24-12-17-11-21(10-16-6-7-16)14-20(17)8-9-22(15-20)19(23)13-25-18-4-2-3-5-18/h16-18H,2-15H2,1H3/t17-,20+/m0/s1. The van der Waals surface area contributed by atoms with Gasteiger partial charge in [-0.1, -0.05) is 12.8 Å². The maximum atomic E-state index is 12.6. The second kappa shape index (κ2) is 7.53. The highest BCUT2D eigenvalue weighted by Gasteiger charge is 2.51. The Balaban J connectivity index is 1.32. The number of methoxy groups -OCH3 is 1. The van der Waals surface area contributed by atoms with Crippen molar-refractivity contribution in [1.29, 1.82) is 0 Å². The highest BCUT2D eigenvalue weighted by atomic mass is 16.5. The summed E-state index contributed by atoms with van der Waals surface area (Å²) in [6.07, 6.45) is 9.01. The second-order valence-corrected chi connectivity index (χ2v) is 8.93. The Labute approximate surface area is 152 Å². The Bertz CT molecular complexity index is 476. The third-order valence-corrected chi connectivity index (χ3v) is 6.95. The van der Waals surface area contributed by atoms with E-state index in [1.807, 2.05) is 7.11 Å². The molecule has 0 unspecified atom stereocenters. The average molecular weight is 351 g/mol. The lowest BCUT2D eigenvalue weighted by molar-refractivity contribution is -0.137. The van der Waals surface area contributed by atoms with Gasteiger partial charge in [-0.05, 0) is 38.0 Å². The fourth-order valence-corrected chi connectivity index (χ4v) is 5.29. The molecule has 2 saturated carbocycles. The summed E-state index contributed by atoms with van der Waals surface area (Å²) in [5.41, 5.74) is 0.244. The van der Waals surface area contributed by atoms with E-state index in [-0.39, 0.29) is 17.9 Å². The molecule has 1 spiro atoms. The minimum Gasteiger partial charge on any atom is -0.384 e. The van der Waals surface area contributed by atoms with Gasteiger partial charge in [-0.15, -0.1) is 0 Å². The topological polar surface area (TPSA) is 42.0 Å². The van der Waals surface area contributed by atoms with E-state index in [1.165, 1.54) is 32.2 Å². The van der Waals surface area contributed by atoms with Gasteiger partial charge < -0.3 is 19.3 Å². The van der Waals surface area contributed by atoms with Gasteiger partial charge in [0.2, 0.25) is 5.91 Å². The van der Waals surface area contributed by atoms with Crippen LogP contribution in [0.2, 0.25) is 0 Å². The minimum atomic E-state index is 0.195. The van der Waals surface area contributed by atoms with Crippen LogP contribution in [0.4, 0.5) is 0 Å². The van der Waals surface area contributed by atoms with Crippen molar-refractivity contribution in [2.24, 2.45) is 17.3 Å². The first-order valence-corrected chi connectivity index (χ1v) is 10.3. The van der Waals surface area contributed by atoms with Crippen LogP contribution in [0, 0.1) is 17.3 Å². The average Bonchev–Trinajstić information content (AvgIpc) is 3.03. The molecule has 0 bridgehead atoms. The lowest BCUT2D eigenvalue weighted by Gasteiger charge is -2.30. The Morgan fingerprint density at radius 1 is 1.16 bits per heavy atom. The number of ether oxygens (including phenoxy) is 2. The molecule has 0 radical (unpaired) electrons. The summed E-state index contributed by atoms with van der Waals surface area (Å²) in [5, 5.41) is 0. The molecule has 2 saturated heterocycles. The molecular weight excluding hydrogens is 316 g/mol. The monoisotopic (exact) mass is 350 g/mol. The first-order valence-electron chi connectivity index (χ1n) is 10.3. The molecule has 142 valence electrons. The minimum absolute atomic E-state index is 0.195. The maximum Gasteiger partial charge on any atom is 0.248 e. The van der Waals surface area contributed by atoms with Crippen molar-refractivity contribution in [3.8, 4) is 0 Å². The fraction of sp³-hybridized carbons (Fsp3) is 0.950. The van der Waals surface area contributed by atoms with E-state index >= 15 is 0 Å². The smallest absolute Gasteiger partial charge is 0.248 e. The quantitative estimate of drug-likeness (QED) is 0.706.